The maximum absolute atomic E-state index is 13.0. The molecule has 11 atom stereocenters. The van der Waals surface area contributed by atoms with E-state index in [2.05, 4.69) is 141 Å². The van der Waals surface area contributed by atoms with Crippen LogP contribution in [0.15, 0.2) is 134 Å². The van der Waals surface area contributed by atoms with Crippen LogP contribution in [0.5, 0.6) is 0 Å². The highest BCUT2D eigenvalue weighted by molar-refractivity contribution is 5.69. The summed E-state index contributed by atoms with van der Waals surface area (Å²) < 4.78 is 34.2. The third-order valence-electron chi connectivity index (χ3n) is 12.2. The summed E-state index contributed by atoms with van der Waals surface area (Å²) in [6.07, 6.45) is 49.4. The van der Waals surface area contributed by atoms with E-state index in [0.717, 1.165) is 109 Å². The summed E-state index contributed by atoms with van der Waals surface area (Å²) in [6.45, 7) is 3.29. The Bertz CT molecular complexity index is 1740. The van der Waals surface area contributed by atoms with Crippen LogP contribution in [-0.2, 0) is 33.2 Å². The highest BCUT2D eigenvalue weighted by atomic mass is 16.7. The van der Waals surface area contributed by atoms with Crippen molar-refractivity contribution in [2.75, 3.05) is 33.0 Å². The topological polar surface area (TPSA) is 214 Å². The van der Waals surface area contributed by atoms with E-state index in [1.54, 1.807) is 0 Å². The molecule has 0 bridgehead atoms. The van der Waals surface area contributed by atoms with E-state index >= 15 is 0 Å². The Hall–Kier alpha value is -3.87. The fourth-order valence-corrected chi connectivity index (χ4v) is 7.73. The highest BCUT2D eigenvalue weighted by Crippen LogP contribution is 2.26. The van der Waals surface area contributed by atoms with Crippen molar-refractivity contribution in [2.45, 2.75) is 210 Å². The Morgan fingerprint density at radius 1 is 0.440 bits per heavy atom. The number of carbonyl (C=O) groups is 1. The number of carbonyl (C=O) groups excluding carboxylic acids is 1. The maximum atomic E-state index is 13.0. The van der Waals surface area contributed by atoms with Gasteiger partial charge in [0.15, 0.2) is 12.6 Å². The van der Waals surface area contributed by atoms with E-state index < -0.39 is 86.7 Å². The van der Waals surface area contributed by atoms with Gasteiger partial charge in [-0.15, -0.1) is 0 Å². The molecule has 11 unspecified atom stereocenters. The number of ether oxygens (including phenoxy) is 6. The van der Waals surface area contributed by atoms with Gasteiger partial charge in [-0.25, -0.2) is 0 Å². The molecule has 2 rings (SSSR count). The molecule has 0 saturated carbocycles. The second kappa shape index (κ2) is 46.2. The summed E-state index contributed by atoms with van der Waals surface area (Å²) in [5, 5.41) is 72.3. The molecule has 0 aromatic carbocycles. The fraction of sp³-hybridized carbons (Fsp3) is 0.623. The van der Waals surface area contributed by atoms with Gasteiger partial charge < -0.3 is 64.2 Å². The van der Waals surface area contributed by atoms with E-state index in [0.29, 0.717) is 19.4 Å². The molecule has 2 heterocycles. The number of aliphatic hydroxyl groups excluding tert-OH is 7. The number of esters is 1. The van der Waals surface area contributed by atoms with Crippen LogP contribution in [0.2, 0.25) is 0 Å². The zero-order valence-corrected chi connectivity index (χ0v) is 45.2. The van der Waals surface area contributed by atoms with Crippen molar-refractivity contribution < 1.29 is 69.0 Å². The quantitative estimate of drug-likeness (QED) is 0.0172. The summed E-state index contributed by atoms with van der Waals surface area (Å²) in [7, 11) is 0. The third kappa shape index (κ3) is 33.1. The van der Waals surface area contributed by atoms with Crippen LogP contribution in [0.3, 0.4) is 0 Å². The standard InChI is InChI=1S/C61H96O14/c1-3-5-7-9-11-13-15-17-19-21-22-23-24-25-26-27-29-31-33-35-37-39-41-43-45-70-47-50(73-53(63)44-42-40-38-36-34-32-30-28-20-18-16-14-12-10-8-6-4-2)48-71-60-59(69)57(67)55(65)52(75-60)49-72-61-58(68)56(66)54(64)51(46-62)74-61/h5-8,11-14,17-20,22-23,25-26,29-32,36,38,50-52,54-62,64-69H,3-4,9-10,15-16,21,24,27-28,33-35,37,39-49H2,1-2H3/b7-5-,8-6-,13-11-,14-12-,19-17-,20-18-,23-22-,26-25-,31-29-,32-30-,38-36-. The van der Waals surface area contributed by atoms with Crippen LogP contribution in [0.1, 0.15) is 142 Å². The van der Waals surface area contributed by atoms with Gasteiger partial charge in [0.05, 0.1) is 26.4 Å². The van der Waals surface area contributed by atoms with Gasteiger partial charge >= 0.3 is 5.97 Å². The minimum atomic E-state index is -1.73. The lowest BCUT2D eigenvalue weighted by Crippen LogP contribution is -2.61. The Labute approximate surface area is 449 Å². The number of hydrogen-bond donors (Lipinski definition) is 7. The van der Waals surface area contributed by atoms with Gasteiger partial charge in [0, 0.05) is 13.0 Å². The summed E-state index contributed by atoms with van der Waals surface area (Å²) >= 11 is 0. The molecule has 0 spiro atoms. The van der Waals surface area contributed by atoms with Crippen LogP contribution >= 0.6 is 0 Å². The summed E-state index contributed by atoms with van der Waals surface area (Å²) in [5.41, 5.74) is 0. The van der Waals surface area contributed by atoms with Crippen LogP contribution in [0, 0.1) is 0 Å². The first-order valence-corrected chi connectivity index (χ1v) is 27.8. The summed E-state index contributed by atoms with van der Waals surface area (Å²) in [4.78, 5) is 13.0. The van der Waals surface area contributed by atoms with Crippen molar-refractivity contribution in [3.05, 3.63) is 134 Å². The molecule has 2 aliphatic rings. The minimum Gasteiger partial charge on any atom is -0.457 e. The predicted molar refractivity (Wildman–Crippen MR) is 297 cm³/mol. The predicted octanol–water partition coefficient (Wildman–Crippen LogP) is 9.52. The highest BCUT2D eigenvalue weighted by Gasteiger charge is 2.47. The first kappa shape index (κ1) is 67.2. The maximum Gasteiger partial charge on any atom is 0.306 e. The van der Waals surface area contributed by atoms with Crippen molar-refractivity contribution in [2.24, 2.45) is 0 Å². The molecule has 14 nitrogen and oxygen atoms in total. The molecule has 0 radical (unpaired) electrons. The molecule has 2 aliphatic heterocycles. The normalized spacial score (nSPS) is 25.7. The van der Waals surface area contributed by atoms with Gasteiger partial charge in [-0.2, -0.15) is 0 Å². The molecule has 0 aromatic heterocycles. The number of unbranched alkanes of at least 4 members (excludes halogenated alkanes) is 6. The molecule has 14 heteroatoms. The second-order valence-electron chi connectivity index (χ2n) is 18.6. The smallest absolute Gasteiger partial charge is 0.306 e. The van der Waals surface area contributed by atoms with E-state index in [1.807, 2.05) is 6.08 Å². The van der Waals surface area contributed by atoms with Gasteiger partial charge in [0.2, 0.25) is 0 Å². The number of hydrogen-bond acceptors (Lipinski definition) is 14. The first-order valence-electron chi connectivity index (χ1n) is 27.8. The zero-order valence-electron chi connectivity index (χ0n) is 45.2. The van der Waals surface area contributed by atoms with Gasteiger partial charge in [-0.3, -0.25) is 4.79 Å². The van der Waals surface area contributed by atoms with Crippen LogP contribution in [0.25, 0.3) is 0 Å². The molecule has 2 fully saturated rings. The lowest BCUT2D eigenvalue weighted by atomic mass is 9.98. The molecule has 75 heavy (non-hydrogen) atoms. The van der Waals surface area contributed by atoms with Crippen molar-refractivity contribution in [3.8, 4) is 0 Å². The Morgan fingerprint density at radius 3 is 1.29 bits per heavy atom. The number of allylic oxidation sites excluding steroid dienone is 22. The van der Waals surface area contributed by atoms with Crippen molar-refractivity contribution in [3.63, 3.8) is 0 Å². The van der Waals surface area contributed by atoms with Crippen LogP contribution in [0.4, 0.5) is 0 Å². The van der Waals surface area contributed by atoms with Crippen LogP contribution < -0.4 is 0 Å². The Kier molecular flexibility index (Phi) is 41.5. The molecule has 2 saturated heterocycles. The monoisotopic (exact) mass is 1050 g/mol. The molecule has 7 N–H and O–H groups in total. The largest absolute Gasteiger partial charge is 0.457 e. The summed E-state index contributed by atoms with van der Waals surface area (Å²) in [5.74, 6) is -0.446. The second-order valence-corrected chi connectivity index (χ2v) is 18.6. The Balaban J connectivity index is 1.77. The third-order valence-corrected chi connectivity index (χ3v) is 12.2. The molecular formula is C61H96O14. The average Bonchev–Trinajstić information content (AvgIpc) is 3.41. The van der Waals surface area contributed by atoms with Gasteiger partial charge in [0.1, 0.15) is 54.9 Å². The summed E-state index contributed by atoms with van der Waals surface area (Å²) in [6, 6.07) is 0. The van der Waals surface area contributed by atoms with Crippen LogP contribution in [-0.4, -0.2) is 142 Å². The average molecular weight is 1050 g/mol. The molecule has 0 aromatic rings. The first-order chi connectivity index (χ1) is 36.6. The minimum absolute atomic E-state index is 0.0147. The molecule has 0 aliphatic carbocycles. The van der Waals surface area contributed by atoms with Gasteiger partial charge in [-0.05, 0) is 103 Å². The Morgan fingerprint density at radius 2 is 0.827 bits per heavy atom. The van der Waals surface area contributed by atoms with Crippen molar-refractivity contribution in [1.29, 1.82) is 0 Å². The lowest BCUT2D eigenvalue weighted by molar-refractivity contribution is -0.332. The molecular weight excluding hydrogens is 957 g/mol. The number of aliphatic hydroxyl groups is 7. The fourth-order valence-electron chi connectivity index (χ4n) is 7.73. The zero-order chi connectivity index (χ0) is 54.4. The van der Waals surface area contributed by atoms with E-state index in [9.17, 15) is 40.5 Å². The molecule has 0 amide bonds. The van der Waals surface area contributed by atoms with E-state index in [-0.39, 0.29) is 19.6 Å². The van der Waals surface area contributed by atoms with Gasteiger partial charge in [-0.1, -0.05) is 167 Å². The number of rotatable bonds is 42. The van der Waals surface area contributed by atoms with Crippen molar-refractivity contribution in [1.82, 2.24) is 0 Å². The SMILES string of the molecule is CC/C=C\C/C=C\C/C=C\C/C=C\C/C=C\C/C=C\CCCCCCCOCC(COC1OC(COC2OC(CO)C(O)C(O)C2O)C(O)C(O)C1O)OC(=O)CCC/C=C\C/C=C\C/C=C\C/C=C\C/C=C\CC. The molecule has 424 valence electrons. The van der Waals surface area contributed by atoms with E-state index in [1.165, 1.54) is 0 Å². The van der Waals surface area contributed by atoms with E-state index in [4.69, 9.17) is 28.4 Å². The van der Waals surface area contributed by atoms with Crippen molar-refractivity contribution >= 4 is 5.97 Å². The lowest BCUT2D eigenvalue weighted by Gasteiger charge is -2.42. The van der Waals surface area contributed by atoms with Gasteiger partial charge in [0.25, 0.3) is 0 Å².